The van der Waals surface area contributed by atoms with Crippen molar-refractivity contribution in [2.75, 3.05) is 13.2 Å². The number of carbonyl (C=O) groups excluding carboxylic acids is 1. The molecule has 2 aromatic rings. The van der Waals surface area contributed by atoms with Crippen LogP contribution in [0.5, 0.6) is 11.5 Å². The third-order valence-corrected chi connectivity index (χ3v) is 4.69. The predicted molar refractivity (Wildman–Crippen MR) is 99.4 cm³/mol. The maximum absolute atomic E-state index is 12.2. The van der Waals surface area contributed by atoms with Gasteiger partial charge in [0.05, 0.1) is 10.6 Å². The molecule has 2 aliphatic heterocycles. The molecule has 2 aromatic carbocycles. The van der Waals surface area contributed by atoms with Gasteiger partial charge < -0.3 is 14.8 Å². The van der Waals surface area contributed by atoms with Crippen molar-refractivity contribution in [3.8, 4) is 11.5 Å². The molecule has 0 spiro atoms. The molecule has 6 heteroatoms. The van der Waals surface area contributed by atoms with Crippen LogP contribution in [0.25, 0.3) is 6.08 Å². The van der Waals surface area contributed by atoms with Gasteiger partial charge in [0.2, 0.25) is 0 Å². The lowest BCUT2D eigenvalue weighted by Gasteiger charge is -2.18. The lowest BCUT2D eigenvalue weighted by molar-refractivity contribution is -0.115. The van der Waals surface area contributed by atoms with E-state index in [4.69, 9.17) is 9.47 Å². The van der Waals surface area contributed by atoms with Gasteiger partial charge in [0.1, 0.15) is 13.2 Å². The second-order valence-electron chi connectivity index (χ2n) is 5.72. The van der Waals surface area contributed by atoms with Gasteiger partial charge in [0.15, 0.2) is 16.7 Å². The molecule has 5 nitrogen and oxygen atoms in total. The van der Waals surface area contributed by atoms with E-state index in [2.05, 4.69) is 10.3 Å². The topological polar surface area (TPSA) is 59.9 Å². The molecule has 0 radical (unpaired) electrons. The summed E-state index contributed by atoms with van der Waals surface area (Å²) in [5, 5.41) is 3.38. The van der Waals surface area contributed by atoms with Crippen molar-refractivity contribution < 1.29 is 14.3 Å². The third kappa shape index (κ3) is 3.53. The van der Waals surface area contributed by atoms with Crippen molar-refractivity contribution in [2.24, 2.45) is 4.99 Å². The highest BCUT2D eigenvalue weighted by molar-refractivity contribution is 8.18. The highest BCUT2D eigenvalue weighted by Gasteiger charge is 2.24. The van der Waals surface area contributed by atoms with E-state index in [1.165, 1.54) is 17.3 Å². The van der Waals surface area contributed by atoms with E-state index in [1.54, 1.807) is 0 Å². The van der Waals surface area contributed by atoms with Crippen molar-refractivity contribution >= 4 is 34.6 Å². The van der Waals surface area contributed by atoms with E-state index in [-0.39, 0.29) is 5.91 Å². The van der Waals surface area contributed by atoms with Crippen molar-refractivity contribution in [1.29, 1.82) is 0 Å². The average molecular weight is 352 g/mol. The van der Waals surface area contributed by atoms with E-state index in [1.807, 2.05) is 55.5 Å². The van der Waals surface area contributed by atoms with Gasteiger partial charge in [0, 0.05) is 0 Å². The minimum atomic E-state index is -0.147. The number of nitrogens with zero attached hydrogens (tertiary/aromatic N) is 1. The zero-order valence-electron chi connectivity index (χ0n) is 13.6. The number of hydrogen-bond donors (Lipinski definition) is 1. The smallest absolute Gasteiger partial charge is 0.264 e. The first-order chi connectivity index (χ1) is 12.2. The summed E-state index contributed by atoms with van der Waals surface area (Å²) in [6, 6.07) is 13.5. The SMILES string of the molecule is Cc1ccc(N=C2NC(=O)/C(=C\c3ccc4c(c3)OCCO4)S2)cc1. The number of aryl methyl sites for hydroxylation is 1. The van der Waals surface area contributed by atoms with Crippen molar-refractivity contribution in [1.82, 2.24) is 5.32 Å². The summed E-state index contributed by atoms with van der Waals surface area (Å²) in [4.78, 5) is 17.3. The summed E-state index contributed by atoms with van der Waals surface area (Å²) in [5.41, 5.74) is 2.87. The number of fused-ring (bicyclic) bond motifs is 1. The summed E-state index contributed by atoms with van der Waals surface area (Å²) >= 11 is 1.33. The van der Waals surface area contributed by atoms with Gasteiger partial charge in [-0.2, -0.15) is 0 Å². The maximum atomic E-state index is 12.2. The first kappa shape index (κ1) is 15.8. The Kier molecular flexibility index (Phi) is 4.19. The number of aliphatic imine (C=N–C) groups is 1. The Morgan fingerprint density at radius 1 is 1.08 bits per heavy atom. The Morgan fingerprint density at radius 3 is 2.64 bits per heavy atom. The number of thioether (sulfide) groups is 1. The monoisotopic (exact) mass is 352 g/mol. The first-order valence-electron chi connectivity index (χ1n) is 7.93. The molecule has 0 aliphatic carbocycles. The molecule has 0 saturated carbocycles. The van der Waals surface area contributed by atoms with Gasteiger partial charge >= 0.3 is 0 Å². The standard InChI is InChI=1S/C19H16N2O3S/c1-12-2-5-14(6-3-12)20-19-21-18(22)17(25-19)11-13-4-7-15-16(10-13)24-9-8-23-15/h2-7,10-11H,8-9H2,1H3,(H,20,21,22)/b17-11+. The molecule has 1 amide bonds. The maximum Gasteiger partial charge on any atom is 0.264 e. The summed E-state index contributed by atoms with van der Waals surface area (Å²) < 4.78 is 11.1. The number of ether oxygens (including phenoxy) is 2. The Hall–Kier alpha value is -2.73. The number of hydrogen-bond acceptors (Lipinski definition) is 5. The number of benzene rings is 2. The molecule has 1 saturated heterocycles. The molecule has 2 heterocycles. The molecule has 1 N–H and O–H groups in total. The van der Waals surface area contributed by atoms with Crippen LogP contribution in [0.3, 0.4) is 0 Å². The fourth-order valence-electron chi connectivity index (χ4n) is 2.52. The van der Waals surface area contributed by atoms with Crippen LogP contribution in [0.15, 0.2) is 52.4 Å². The number of nitrogens with one attached hydrogen (secondary N) is 1. The molecule has 0 unspecified atom stereocenters. The Balaban J connectivity index is 1.56. The van der Waals surface area contributed by atoms with Gasteiger partial charge in [-0.05, 0) is 54.6 Å². The predicted octanol–water partition coefficient (Wildman–Crippen LogP) is 3.66. The van der Waals surface area contributed by atoms with Crippen LogP contribution in [0.1, 0.15) is 11.1 Å². The number of amides is 1. The van der Waals surface area contributed by atoms with Gasteiger partial charge in [-0.3, -0.25) is 4.79 Å². The number of amidine groups is 1. The highest BCUT2D eigenvalue weighted by Crippen LogP contribution is 2.33. The number of rotatable bonds is 2. The normalized spacial score (nSPS) is 19.3. The number of carbonyl (C=O) groups is 1. The largest absolute Gasteiger partial charge is 0.486 e. The summed E-state index contributed by atoms with van der Waals surface area (Å²) in [6.07, 6.45) is 1.83. The van der Waals surface area contributed by atoms with E-state index >= 15 is 0 Å². The molecular weight excluding hydrogens is 336 g/mol. The van der Waals surface area contributed by atoms with Crippen LogP contribution in [0.2, 0.25) is 0 Å². The van der Waals surface area contributed by atoms with E-state index < -0.39 is 0 Å². The molecule has 0 aromatic heterocycles. The molecule has 1 fully saturated rings. The average Bonchev–Trinajstić information content (AvgIpc) is 2.96. The summed E-state index contributed by atoms with van der Waals surface area (Å²) in [6.45, 7) is 3.12. The van der Waals surface area contributed by atoms with Gasteiger partial charge in [0.25, 0.3) is 5.91 Å². The highest BCUT2D eigenvalue weighted by atomic mass is 32.2. The third-order valence-electron chi connectivity index (χ3n) is 3.78. The minimum absolute atomic E-state index is 0.147. The zero-order valence-corrected chi connectivity index (χ0v) is 14.4. The van der Waals surface area contributed by atoms with Crippen LogP contribution in [0, 0.1) is 6.92 Å². The fraction of sp³-hybridized carbons (Fsp3) is 0.158. The molecular formula is C19H16N2O3S. The van der Waals surface area contributed by atoms with E-state index in [0.717, 1.165) is 17.0 Å². The van der Waals surface area contributed by atoms with Crippen LogP contribution in [0.4, 0.5) is 5.69 Å². The lowest BCUT2D eigenvalue weighted by atomic mass is 10.2. The Morgan fingerprint density at radius 2 is 1.84 bits per heavy atom. The van der Waals surface area contributed by atoms with Crippen molar-refractivity contribution in [3.63, 3.8) is 0 Å². The molecule has 0 bridgehead atoms. The summed E-state index contributed by atoms with van der Waals surface area (Å²) in [5.74, 6) is 1.29. The van der Waals surface area contributed by atoms with Gasteiger partial charge in [-0.15, -0.1) is 0 Å². The minimum Gasteiger partial charge on any atom is -0.486 e. The van der Waals surface area contributed by atoms with E-state index in [0.29, 0.717) is 29.0 Å². The molecule has 2 aliphatic rings. The van der Waals surface area contributed by atoms with Crippen molar-refractivity contribution in [2.45, 2.75) is 6.92 Å². The molecule has 4 rings (SSSR count). The summed E-state index contributed by atoms with van der Waals surface area (Å²) in [7, 11) is 0. The van der Waals surface area contributed by atoms with Crippen molar-refractivity contribution in [3.05, 3.63) is 58.5 Å². The van der Waals surface area contributed by atoms with Crippen LogP contribution in [-0.4, -0.2) is 24.3 Å². The van der Waals surface area contributed by atoms with E-state index in [9.17, 15) is 4.79 Å². The Labute approximate surface area is 149 Å². The quantitative estimate of drug-likeness (QED) is 0.838. The fourth-order valence-corrected chi connectivity index (χ4v) is 3.36. The zero-order chi connectivity index (χ0) is 17.2. The molecule has 25 heavy (non-hydrogen) atoms. The second kappa shape index (κ2) is 6.64. The van der Waals surface area contributed by atoms with Crippen LogP contribution >= 0.6 is 11.8 Å². The second-order valence-corrected chi connectivity index (χ2v) is 6.75. The molecule has 0 atom stereocenters. The lowest BCUT2D eigenvalue weighted by Crippen LogP contribution is -2.19. The van der Waals surface area contributed by atoms with Crippen LogP contribution < -0.4 is 14.8 Å². The first-order valence-corrected chi connectivity index (χ1v) is 8.75. The van der Waals surface area contributed by atoms with Gasteiger partial charge in [-0.25, -0.2) is 4.99 Å². The van der Waals surface area contributed by atoms with Gasteiger partial charge in [-0.1, -0.05) is 23.8 Å². The molecule has 126 valence electrons. The Bertz CT molecular complexity index is 888. The van der Waals surface area contributed by atoms with Crippen LogP contribution in [-0.2, 0) is 4.79 Å².